The van der Waals surface area contributed by atoms with E-state index in [4.69, 9.17) is 6.58 Å². The summed E-state index contributed by atoms with van der Waals surface area (Å²) in [6.45, 7) is 6.50. The van der Waals surface area contributed by atoms with Gasteiger partial charge in [-0.3, -0.25) is 6.08 Å². The summed E-state index contributed by atoms with van der Waals surface area (Å²) in [5.41, 5.74) is 0. The van der Waals surface area contributed by atoms with Crippen molar-refractivity contribution in [3.63, 3.8) is 0 Å². The molecule has 0 aromatic heterocycles. The normalized spacial score (nSPS) is 16.9. The first-order valence-corrected chi connectivity index (χ1v) is 4.24. The fourth-order valence-corrected chi connectivity index (χ4v) is 0.642. The quantitative estimate of drug-likeness (QED) is 0.444. The van der Waals surface area contributed by atoms with Crippen LogP contribution in [0.4, 0.5) is 0 Å². The van der Waals surface area contributed by atoms with Gasteiger partial charge in [-0.05, 0) is 64.2 Å². The standard InChI is InChI=1S/2C5H5.C3H5.CH3.Ti/c2*1-2-4-5-3-1;1-3-2;;/h2*1-5H;1,3H,2H3;1H3;/q;;2*-1;+4. The molecule has 76 valence electrons. The Labute approximate surface area is 113 Å². The Balaban J connectivity index is -0.000000140. The molecule has 2 fully saturated rings. The average Bonchev–Trinajstić information content (AvgIpc) is 2.85. The van der Waals surface area contributed by atoms with Crippen LogP contribution in [0.15, 0.2) is 6.08 Å². The molecule has 0 bridgehead atoms. The molecule has 0 amide bonds. The molecule has 0 N–H and O–H groups in total. The van der Waals surface area contributed by atoms with Crippen LogP contribution in [-0.2, 0) is 21.7 Å². The zero-order valence-corrected chi connectivity index (χ0v) is 11.0. The Hall–Kier alpha value is 0.454. The zero-order valence-electron chi connectivity index (χ0n) is 9.43. The molecule has 0 spiro atoms. The zero-order chi connectivity index (χ0) is 9.78. The van der Waals surface area contributed by atoms with Crippen LogP contribution in [0.1, 0.15) is 6.92 Å². The Morgan fingerprint density at radius 2 is 0.733 bits per heavy atom. The molecule has 0 nitrogen and oxygen atoms in total. The van der Waals surface area contributed by atoms with E-state index < -0.39 is 0 Å². The van der Waals surface area contributed by atoms with Crippen molar-refractivity contribution >= 4 is 0 Å². The first kappa shape index (κ1) is 20.8. The number of hydrogen-bond acceptors (Lipinski definition) is 0. The summed E-state index contributed by atoms with van der Waals surface area (Å²) in [5.74, 6) is 0. The summed E-state index contributed by atoms with van der Waals surface area (Å²) in [6.07, 6.45) is 21.5. The van der Waals surface area contributed by atoms with Gasteiger partial charge in [-0.15, -0.1) is 0 Å². The maximum absolute atomic E-state index is 4.72. The SMILES string of the molecule is [CH-]=CC.[CH3-].[CH]1[CH][CH][CH][CH]1.[CH]1[CH][CH][CH][CH]1.[Ti+4]. The maximum atomic E-state index is 4.72. The molecule has 2 saturated carbocycles. The van der Waals surface area contributed by atoms with Crippen LogP contribution in [0.2, 0.25) is 0 Å². The van der Waals surface area contributed by atoms with Crippen LogP contribution in [0.5, 0.6) is 0 Å². The predicted molar refractivity (Wildman–Crippen MR) is 64.0 cm³/mol. The Kier molecular flexibility index (Phi) is 27.7. The van der Waals surface area contributed by atoms with E-state index in [0.717, 1.165) is 0 Å². The second kappa shape index (κ2) is 19.9. The molecule has 0 aromatic rings. The van der Waals surface area contributed by atoms with E-state index in [2.05, 4.69) is 0 Å². The molecule has 0 saturated heterocycles. The van der Waals surface area contributed by atoms with Crippen molar-refractivity contribution < 1.29 is 21.7 Å². The average molecular weight is 234 g/mol. The Morgan fingerprint density at radius 1 is 0.667 bits per heavy atom. The summed E-state index contributed by atoms with van der Waals surface area (Å²) < 4.78 is 0. The molecule has 1 heteroatoms. The monoisotopic (exact) mass is 234 g/mol. The van der Waals surface area contributed by atoms with Crippen LogP contribution in [0.3, 0.4) is 0 Å². The van der Waals surface area contributed by atoms with Crippen LogP contribution >= 0.6 is 0 Å². The minimum absolute atomic E-state index is 0. The maximum Gasteiger partial charge on any atom is 4.00 e. The minimum atomic E-state index is 0. The predicted octanol–water partition coefficient (Wildman–Crippen LogP) is 3.49. The summed E-state index contributed by atoms with van der Waals surface area (Å²) in [4.78, 5) is 0. The molecule has 10 radical (unpaired) electrons. The fourth-order valence-electron chi connectivity index (χ4n) is 0.642. The molecule has 2 aliphatic carbocycles. The molecule has 0 atom stereocenters. The molecule has 2 aliphatic rings. The first-order valence-electron chi connectivity index (χ1n) is 4.24. The van der Waals surface area contributed by atoms with Gasteiger partial charge in [0.25, 0.3) is 0 Å². The van der Waals surface area contributed by atoms with Gasteiger partial charge in [-0.25, -0.2) is 0 Å². The van der Waals surface area contributed by atoms with Crippen LogP contribution < -0.4 is 0 Å². The third-order valence-corrected chi connectivity index (χ3v) is 1.11. The van der Waals surface area contributed by atoms with Crippen molar-refractivity contribution in [2.24, 2.45) is 0 Å². The second-order valence-corrected chi connectivity index (χ2v) is 2.26. The summed E-state index contributed by atoms with van der Waals surface area (Å²) in [7, 11) is 0. The smallest absolute Gasteiger partial charge is 0.518 e. The van der Waals surface area contributed by atoms with E-state index in [-0.39, 0.29) is 29.1 Å². The van der Waals surface area contributed by atoms with Crippen molar-refractivity contribution in [1.82, 2.24) is 0 Å². The number of rotatable bonds is 0. The molecule has 0 aromatic carbocycles. The van der Waals surface area contributed by atoms with E-state index in [1.165, 1.54) is 6.08 Å². The van der Waals surface area contributed by atoms with Gasteiger partial charge in [0.2, 0.25) is 0 Å². The van der Waals surface area contributed by atoms with Crippen molar-refractivity contribution in [2.75, 3.05) is 0 Å². The van der Waals surface area contributed by atoms with Crippen LogP contribution in [0, 0.1) is 78.2 Å². The van der Waals surface area contributed by atoms with Gasteiger partial charge in [-0.2, -0.15) is 0 Å². The van der Waals surface area contributed by atoms with Gasteiger partial charge >= 0.3 is 21.7 Å². The van der Waals surface area contributed by atoms with Gasteiger partial charge in [0.1, 0.15) is 0 Å². The summed E-state index contributed by atoms with van der Waals surface area (Å²) >= 11 is 0. The topological polar surface area (TPSA) is 0 Å². The third kappa shape index (κ3) is 20.5. The molecule has 0 unspecified atom stereocenters. The molecule has 2 rings (SSSR count). The minimum Gasteiger partial charge on any atom is -0.518 e. The molecular weight excluding hydrogens is 216 g/mol. The van der Waals surface area contributed by atoms with Crippen molar-refractivity contribution in [2.45, 2.75) is 6.92 Å². The van der Waals surface area contributed by atoms with E-state index in [9.17, 15) is 0 Å². The van der Waals surface area contributed by atoms with Crippen molar-refractivity contribution in [3.05, 3.63) is 84.3 Å². The van der Waals surface area contributed by atoms with Gasteiger partial charge in [-0.1, -0.05) is 6.92 Å². The van der Waals surface area contributed by atoms with E-state index in [0.29, 0.717) is 0 Å². The van der Waals surface area contributed by atoms with Crippen molar-refractivity contribution in [1.29, 1.82) is 0 Å². The van der Waals surface area contributed by atoms with Gasteiger partial charge in [0.15, 0.2) is 0 Å². The van der Waals surface area contributed by atoms with Gasteiger partial charge < -0.3 is 14.0 Å². The largest absolute Gasteiger partial charge is 4.00 e. The van der Waals surface area contributed by atoms with Crippen LogP contribution in [0.25, 0.3) is 0 Å². The molecule has 0 heterocycles. The van der Waals surface area contributed by atoms with Gasteiger partial charge in [0, 0.05) is 0 Å². The fraction of sp³-hybridized carbons (Fsp3) is 0.0714. The summed E-state index contributed by atoms with van der Waals surface area (Å²) in [5, 5.41) is 0. The molecular formula is C14H18Ti+2. The third-order valence-electron chi connectivity index (χ3n) is 1.11. The second-order valence-electron chi connectivity index (χ2n) is 2.26. The van der Waals surface area contributed by atoms with Gasteiger partial charge in [0.05, 0.1) is 0 Å². The number of allylic oxidation sites excluding steroid dienone is 1. The number of hydrogen-bond donors (Lipinski definition) is 0. The van der Waals surface area contributed by atoms with Crippen LogP contribution in [-0.4, -0.2) is 0 Å². The van der Waals surface area contributed by atoms with E-state index in [1.54, 1.807) is 6.92 Å². The van der Waals surface area contributed by atoms with E-state index in [1.807, 2.05) is 64.2 Å². The Bertz CT molecular complexity index is 66.3. The van der Waals surface area contributed by atoms with Crippen molar-refractivity contribution in [3.8, 4) is 0 Å². The summed E-state index contributed by atoms with van der Waals surface area (Å²) in [6, 6.07) is 0. The Morgan fingerprint density at radius 3 is 0.800 bits per heavy atom. The molecule has 15 heavy (non-hydrogen) atoms. The van der Waals surface area contributed by atoms with E-state index >= 15 is 0 Å². The first-order chi connectivity index (χ1) is 6.41. The molecule has 0 aliphatic heterocycles.